The lowest BCUT2D eigenvalue weighted by molar-refractivity contribution is 0.0506. The molecule has 196 valence electrons. The maximum atomic E-state index is 12.7. The molecule has 1 saturated heterocycles. The van der Waals surface area contributed by atoms with Crippen molar-refractivity contribution in [2.24, 2.45) is 5.92 Å². The van der Waals surface area contributed by atoms with Crippen LogP contribution in [0.5, 0.6) is 17.2 Å². The second-order valence-corrected chi connectivity index (χ2v) is 10.2. The second-order valence-electron chi connectivity index (χ2n) is 10.2. The number of hydrogen-bond acceptors (Lipinski definition) is 9. The van der Waals surface area contributed by atoms with E-state index >= 15 is 0 Å². The molecule has 1 saturated carbocycles. The molecule has 1 aliphatic heterocycles. The van der Waals surface area contributed by atoms with Gasteiger partial charge in [-0.05, 0) is 58.6 Å². The SMILES string of the molecule is Cc1nc(C(=O)Oc2ccc([C@H](C)NC(=O)OC(C)(C)C)c(OC3CCOC3)c2OCC2CC2)co1. The number of carbonyl (C=O) groups is 2. The topological polar surface area (TPSA) is 118 Å². The Kier molecular flexibility index (Phi) is 7.73. The van der Waals surface area contributed by atoms with Crippen LogP contribution in [-0.4, -0.2) is 48.6 Å². The molecular weight excluding hydrogens is 468 g/mol. The Morgan fingerprint density at radius 2 is 1.97 bits per heavy atom. The summed E-state index contributed by atoms with van der Waals surface area (Å²) in [5.41, 5.74) is 0.0763. The molecule has 0 spiro atoms. The lowest BCUT2D eigenvalue weighted by Crippen LogP contribution is -2.34. The summed E-state index contributed by atoms with van der Waals surface area (Å²) in [6.07, 6.45) is 3.36. The van der Waals surface area contributed by atoms with E-state index in [1.165, 1.54) is 6.26 Å². The summed E-state index contributed by atoms with van der Waals surface area (Å²) in [5, 5.41) is 2.85. The fraction of sp³-hybridized carbons (Fsp3) is 0.577. The average molecular weight is 503 g/mol. The summed E-state index contributed by atoms with van der Waals surface area (Å²) in [6.45, 7) is 10.3. The minimum atomic E-state index is -0.675. The summed E-state index contributed by atoms with van der Waals surface area (Å²) in [6, 6.07) is 2.89. The Bertz CT molecular complexity index is 1080. The van der Waals surface area contributed by atoms with E-state index in [1.54, 1.807) is 39.8 Å². The lowest BCUT2D eigenvalue weighted by atomic mass is 10.1. The van der Waals surface area contributed by atoms with Gasteiger partial charge in [-0.3, -0.25) is 0 Å². The van der Waals surface area contributed by atoms with Crippen molar-refractivity contribution in [1.82, 2.24) is 10.3 Å². The summed E-state index contributed by atoms with van der Waals surface area (Å²) in [4.78, 5) is 29.3. The zero-order valence-electron chi connectivity index (χ0n) is 21.4. The molecule has 0 radical (unpaired) electrons. The summed E-state index contributed by atoms with van der Waals surface area (Å²) >= 11 is 0. The van der Waals surface area contributed by atoms with Gasteiger partial charge in [0.15, 0.2) is 23.1 Å². The van der Waals surface area contributed by atoms with Gasteiger partial charge in [0, 0.05) is 18.9 Å². The number of esters is 1. The van der Waals surface area contributed by atoms with Gasteiger partial charge in [-0.15, -0.1) is 0 Å². The van der Waals surface area contributed by atoms with Gasteiger partial charge in [0.25, 0.3) is 0 Å². The minimum absolute atomic E-state index is 0.0522. The van der Waals surface area contributed by atoms with Crippen LogP contribution in [0.3, 0.4) is 0 Å². The number of rotatable bonds is 9. The molecule has 4 rings (SSSR count). The highest BCUT2D eigenvalue weighted by atomic mass is 16.6. The first-order valence-electron chi connectivity index (χ1n) is 12.3. The van der Waals surface area contributed by atoms with Crippen LogP contribution in [0.1, 0.15) is 74.9 Å². The molecular formula is C26H34N2O8. The number of ether oxygens (including phenoxy) is 5. The second kappa shape index (κ2) is 10.8. The Morgan fingerprint density at radius 3 is 2.58 bits per heavy atom. The Labute approximate surface area is 210 Å². The molecule has 2 aromatic rings. The molecule has 0 bridgehead atoms. The van der Waals surface area contributed by atoms with Gasteiger partial charge < -0.3 is 33.4 Å². The van der Waals surface area contributed by atoms with E-state index in [9.17, 15) is 9.59 Å². The number of oxazole rings is 1. The molecule has 2 heterocycles. The molecule has 2 fully saturated rings. The van der Waals surface area contributed by atoms with Gasteiger partial charge in [0.2, 0.25) is 5.75 Å². The van der Waals surface area contributed by atoms with Crippen LogP contribution >= 0.6 is 0 Å². The summed E-state index contributed by atoms with van der Waals surface area (Å²) in [7, 11) is 0. The van der Waals surface area contributed by atoms with E-state index in [0.717, 1.165) is 12.8 Å². The standard InChI is InChI=1S/C26H34N2O8/c1-15(27-25(30)36-26(3,4)5)19-8-9-21(35-24(29)20-14-32-16(2)28-20)23(33-12-17-6-7-17)22(19)34-18-10-11-31-13-18/h8-9,14-15,17-18H,6-7,10-13H2,1-5H3,(H,27,30)/t15-,18?/m0/s1. The first-order valence-corrected chi connectivity index (χ1v) is 12.3. The quantitative estimate of drug-likeness (QED) is 0.383. The molecule has 1 amide bonds. The molecule has 1 aromatic heterocycles. The molecule has 1 unspecified atom stereocenters. The number of carbonyl (C=O) groups excluding carboxylic acids is 2. The Balaban J connectivity index is 1.66. The normalized spacial score (nSPS) is 18.4. The van der Waals surface area contributed by atoms with Crippen molar-refractivity contribution >= 4 is 12.1 Å². The van der Waals surface area contributed by atoms with E-state index in [-0.39, 0.29) is 17.5 Å². The fourth-order valence-electron chi connectivity index (χ4n) is 3.67. The van der Waals surface area contributed by atoms with Gasteiger partial charge in [-0.2, -0.15) is 0 Å². The number of nitrogens with zero attached hydrogens (tertiary/aromatic N) is 1. The average Bonchev–Trinajstić information content (AvgIpc) is 3.27. The molecule has 1 aromatic carbocycles. The third-order valence-corrected chi connectivity index (χ3v) is 5.67. The number of amides is 1. The zero-order valence-corrected chi connectivity index (χ0v) is 21.4. The van der Waals surface area contributed by atoms with E-state index in [4.69, 9.17) is 28.1 Å². The molecule has 36 heavy (non-hydrogen) atoms. The van der Waals surface area contributed by atoms with Crippen molar-refractivity contribution in [1.29, 1.82) is 0 Å². The maximum Gasteiger partial charge on any atom is 0.408 e. The predicted molar refractivity (Wildman–Crippen MR) is 128 cm³/mol. The van der Waals surface area contributed by atoms with Gasteiger partial charge >= 0.3 is 12.1 Å². The van der Waals surface area contributed by atoms with Gasteiger partial charge in [-0.25, -0.2) is 14.6 Å². The first kappa shape index (κ1) is 25.8. The van der Waals surface area contributed by atoms with Crippen molar-refractivity contribution in [3.63, 3.8) is 0 Å². The van der Waals surface area contributed by atoms with Crippen LogP contribution in [0.25, 0.3) is 0 Å². The molecule has 1 aliphatic carbocycles. The van der Waals surface area contributed by atoms with Crippen molar-refractivity contribution in [2.45, 2.75) is 71.6 Å². The van der Waals surface area contributed by atoms with E-state index in [0.29, 0.717) is 55.1 Å². The monoisotopic (exact) mass is 502 g/mol. The first-order chi connectivity index (χ1) is 17.1. The highest BCUT2D eigenvalue weighted by Gasteiger charge is 2.30. The molecule has 10 nitrogen and oxygen atoms in total. The van der Waals surface area contributed by atoms with E-state index < -0.39 is 23.7 Å². The van der Waals surface area contributed by atoms with Crippen LogP contribution in [-0.2, 0) is 9.47 Å². The molecule has 2 aliphatic rings. The highest BCUT2D eigenvalue weighted by Crippen LogP contribution is 2.45. The van der Waals surface area contributed by atoms with Crippen LogP contribution in [0.4, 0.5) is 4.79 Å². The summed E-state index contributed by atoms with van der Waals surface area (Å²) in [5.74, 6) is 1.02. The maximum absolute atomic E-state index is 12.7. The zero-order chi connectivity index (χ0) is 25.9. The number of aromatic nitrogens is 1. The number of alkyl carbamates (subject to hydrolysis) is 1. The number of hydrogen-bond donors (Lipinski definition) is 1. The molecule has 1 N–H and O–H groups in total. The minimum Gasteiger partial charge on any atom is -0.486 e. The van der Waals surface area contributed by atoms with E-state index in [2.05, 4.69) is 10.3 Å². The molecule has 10 heteroatoms. The number of benzene rings is 1. The van der Waals surface area contributed by atoms with Crippen molar-refractivity contribution < 1.29 is 37.7 Å². The molecule has 2 atom stereocenters. The van der Waals surface area contributed by atoms with Crippen LogP contribution < -0.4 is 19.5 Å². The van der Waals surface area contributed by atoms with Crippen LogP contribution in [0.15, 0.2) is 22.8 Å². The van der Waals surface area contributed by atoms with Crippen molar-refractivity contribution in [2.75, 3.05) is 19.8 Å². The smallest absolute Gasteiger partial charge is 0.408 e. The summed E-state index contributed by atoms with van der Waals surface area (Å²) < 4.78 is 34.3. The van der Waals surface area contributed by atoms with Crippen molar-refractivity contribution in [3.05, 3.63) is 35.5 Å². The number of nitrogens with one attached hydrogen (secondary N) is 1. The Hall–Kier alpha value is -3.27. The highest BCUT2D eigenvalue weighted by molar-refractivity contribution is 5.89. The van der Waals surface area contributed by atoms with E-state index in [1.807, 2.05) is 6.92 Å². The van der Waals surface area contributed by atoms with Gasteiger partial charge in [-0.1, -0.05) is 0 Å². The third-order valence-electron chi connectivity index (χ3n) is 5.67. The van der Waals surface area contributed by atoms with Crippen LogP contribution in [0.2, 0.25) is 0 Å². The predicted octanol–water partition coefficient (Wildman–Crippen LogP) is 4.74. The fourth-order valence-corrected chi connectivity index (χ4v) is 3.67. The van der Waals surface area contributed by atoms with Crippen molar-refractivity contribution in [3.8, 4) is 17.2 Å². The lowest BCUT2D eigenvalue weighted by Gasteiger charge is -2.26. The number of aryl methyl sites for hydroxylation is 1. The largest absolute Gasteiger partial charge is 0.486 e. The van der Waals surface area contributed by atoms with Gasteiger partial charge in [0.05, 0.1) is 25.9 Å². The Morgan fingerprint density at radius 1 is 1.19 bits per heavy atom. The van der Waals surface area contributed by atoms with Crippen LogP contribution in [0, 0.1) is 12.8 Å². The van der Waals surface area contributed by atoms with Gasteiger partial charge in [0.1, 0.15) is 18.0 Å². The third kappa shape index (κ3) is 6.90.